The lowest BCUT2D eigenvalue weighted by molar-refractivity contribution is -0.147. The van der Waals surface area contributed by atoms with Gasteiger partial charge in [0, 0.05) is 11.9 Å². The lowest BCUT2D eigenvalue weighted by Gasteiger charge is -2.33. The Labute approximate surface area is 151 Å². The van der Waals surface area contributed by atoms with E-state index in [0.717, 1.165) is 12.8 Å². The summed E-state index contributed by atoms with van der Waals surface area (Å²) in [6.07, 6.45) is 2.25. The molecule has 26 heavy (non-hydrogen) atoms. The summed E-state index contributed by atoms with van der Waals surface area (Å²) >= 11 is 0. The first-order chi connectivity index (χ1) is 12.5. The van der Waals surface area contributed by atoms with Crippen LogP contribution in [0.5, 0.6) is 0 Å². The van der Waals surface area contributed by atoms with Crippen LogP contribution in [0.3, 0.4) is 0 Å². The van der Waals surface area contributed by atoms with Gasteiger partial charge in [0.15, 0.2) is 5.69 Å². The molecule has 0 N–H and O–H groups in total. The minimum absolute atomic E-state index is 0.184. The van der Waals surface area contributed by atoms with Crippen LogP contribution >= 0.6 is 0 Å². The van der Waals surface area contributed by atoms with Crippen molar-refractivity contribution in [1.29, 1.82) is 0 Å². The third kappa shape index (κ3) is 3.09. The fourth-order valence-electron chi connectivity index (χ4n) is 3.41. The predicted molar refractivity (Wildman–Crippen MR) is 97.1 cm³/mol. The van der Waals surface area contributed by atoms with Crippen molar-refractivity contribution in [1.82, 2.24) is 14.7 Å². The number of aromatic nitrogens is 2. The van der Waals surface area contributed by atoms with Gasteiger partial charge in [0.1, 0.15) is 6.04 Å². The minimum Gasteiger partial charge on any atom is -0.467 e. The van der Waals surface area contributed by atoms with Gasteiger partial charge in [0.05, 0.1) is 18.5 Å². The van der Waals surface area contributed by atoms with Crippen molar-refractivity contribution in [2.75, 3.05) is 13.7 Å². The molecule has 1 aromatic carbocycles. The smallest absolute Gasteiger partial charge is 0.328 e. The first-order valence-electron chi connectivity index (χ1n) is 8.86. The van der Waals surface area contributed by atoms with Gasteiger partial charge >= 0.3 is 5.97 Å². The molecule has 1 aliphatic heterocycles. The third-order valence-corrected chi connectivity index (χ3v) is 4.76. The van der Waals surface area contributed by atoms with Gasteiger partial charge in [-0.1, -0.05) is 18.2 Å². The molecule has 7 nitrogen and oxygen atoms in total. The van der Waals surface area contributed by atoms with Gasteiger partial charge in [0.25, 0.3) is 11.5 Å². The van der Waals surface area contributed by atoms with Crippen LogP contribution in [0.1, 0.15) is 49.6 Å². The monoisotopic (exact) mass is 357 g/mol. The van der Waals surface area contributed by atoms with E-state index in [4.69, 9.17) is 4.74 Å². The van der Waals surface area contributed by atoms with E-state index in [2.05, 4.69) is 5.10 Å². The lowest BCUT2D eigenvalue weighted by Crippen LogP contribution is -2.49. The third-order valence-electron chi connectivity index (χ3n) is 4.76. The summed E-state index contributed by atoms with van der Waals surface area (Å²) in [6, 6.07) is 6.16. The zero-order valence-electron chi connectivity index (χ0n) is 15.3. The summed E-state index contributed by atoms with van der Waals surface area (Å²) in [4.78, 5) is 39.6. The van der Waals surface area contributed by atoms with Crippen molar-refractivity contribution >= 4 is 22.6 Å². The zero-order chi connectivity index (χ0) is 18.8. The van der Waals surface area contributed by atoms with Crippen LogP contribution in [-0.2, 0) is 9.53 Å². The second-order valence-electron chi connectivity index (χ2n) is 6.77. The van der Waals surface area contributed by atoms with Gasteiger partial charge in [-0.2, -0.15) is 5.10 Å². The molecule has 1 atom stereocenters. The number of ether oxygens (including phenoxy) is 1. The number of hydrogen-bond acceptors (Lipinski definition) is 5. The summed E-state index contributed by atoms with van der Waals surface area (Å²) in [6.45, 7) is 4.15. The van der Waals surface area contributed by atoms with E-state index in [9.17, 15) is 14.4 Å². The SMILES string of the molecule is COC(=O)C1CCCCN1C(=O)c1nn(C(C)C)c(=O)c2ccccc12. The minimum atomic E-state index is -0.610. The molecule has 138 valence electrons. The number of carbonyl (C=O) groups excluding carboxylic acids is 2. The van der Waals surface area contributed by atoms with Crippen LogP contribution in [0.2, 0.25) is 0 Å². The fraction of sp³-hybridized carbons (Fsp3) is 0.474. The molecule has 1 aliphatic rings. The van der Waals surface area contributed by atoms with E-state index in [1.165, 1.54) is 16.7 Å². The maximum atomic E-state index is 13.3. The van der Waals surface area contributed by atoms with E-state index in [1.807, 2.05) is 13.8 Å². The Morgan fingerprint density at radius 2 is 1.88 bits per heavy atom. The molecule has 0 saturated carbocycles. The number of hydrogen-bond donors (Lipinski definition) is 0. The molecule has 7 heteroatoms. The Bertz CT molecular complexity index is 903. The highest BCUT2D eigenvalue weighted by Crippen LogP contribution is 2.23. The Hall–Kier alpha value is -2.70. The van der Waals surface area contributed by atoms with E-state index in [1.54, 1.807) is 24.3 Å². The molecule has 3 rings (SSSR count). The van der Waals surface area contributed by atoms with Crippen LogP contribution in [0.25, 0.3) is 10.8 Å². The summed E-state index contributed by atoms with van der Waals surface area (Å²) in [5.41, 5.74) is -0.0278. The number of benzene rings is 1. The molecule has 0 aliphatic carbocycles. The van der Waals surface area contributed by atoms with E-state index < -0.39 is 12.0 Å². The van der Waals surface area contributed by atoms with Gasteiger partial charge in [-0.05, 0) is 39.2 Å². The molecular formula is C19H23N3O4. The molecule has 1 fully saturated rings. The van der Waals surface area contributed by atoms with E-state index in [0.29, 0.717) is 23.7 Å². The number of nitrogens with zero attached hydrogens (tertiary/aromatic N) is 3. The average molecular weight is 357 g/mol. The first-order valence-corrected chi connectivity index (χ1v) is 8.86. The number of esters is 1. The Balaban J connectivity index is 2.14. The quantitative estimate of drug-likeness (QED) is 0.786. The van der Waals surface area contributed by atoms with Crippen molar-refractivity contribution in [3.8, 4) is 0 Å². The molecule has 2 aromatic rings. The summed E-state index contributed by atoms with van der Waals surface area (Å²) in [7, 11) is 1.33. The number of methoxy groups -OCH3 is 1. The van der Waals surface area contributed by atoms with Crippen molar-refractivity contribution < 1.29 is 14.3 Å². The maximum Gasteiger partial charge on any atom is 0.328 e. The summed E-state index contributed by atoms with van der Waals surface area (Å²) in [5, 5.41) is 5.31. The van der Waals surface area contributed by atoms with Crippen molar-refractivity contribution in [2.45, 2.75) is 45.2 Å². The molecule has 2 heterocycles. The Morgan fingerprint density at radius 1 is 1.19 bits per heavy atom. The molecular weight excluding hydrogens is 334 g/mol. The normalized spacial score (nSPS) is 17.5. The number of piperidine rings is 1. The molecule has 0 bridgehead atoms. The Kier molecular flexibility index (Phi) is 5.06. The largest absolute Gasteiger partial charge is 0.467 e. The van der Waals surface area contributed by atoms with Crippen molar-refractivity contribution in [3.63, 3.8) is 0 Å². The van der Waals surface area contributed by atoms with Gasteiger partial charge in [-0.15, -0.1) is 0 Å². The molecule has 1 unspecified atom stereocenters. The topological polar surface area (TPSA) is 81.5 Å². The number of amides is 1. The van der Waals surface area contributed by atoms with Crippen molar-refractivity contribution in [2.24, 2.45) is 0 Å². The zero-order valence-corrected chi connectivity index (χ0v) is 15.3. The second kappa shape index (κ2) is 7.27. The van der Waals surface area contributed by atoms with Gasteiger partial charge in [-0.25, -0.2) is 9.48 Å². The van der Waals surface area contributed by atoms with Gasteiger partial charge in [-0.3, -0.25) is 9.59 Å². The average Bonchev–Trinajstić information content (AvgIpc) is 2.67. The summed E-state index contributed by atoms with van der Waals surface area (Å²) in [5.74, 6) is -0.759. The second-order valence-corrected chi connectivity index (χ2v) is 6.77. The highest BCUT2D eigenvalue weighted by atomic mass is 16.5. The van der Waals surface area contributed by atoms with Crippen LogP contribution in [0, 0.1) is 0 Å². The van der Waals surface area contributed by atoms with Crippen LogP contribution in [-0.4, -0.2) is 46.3 Å². The molecule has 0 radical (unpaired) electrons. The van der Waals surface area contributed by atoms with Crippen molar-refractivity contribution in [3.05, 3.63) is 40.3 Å². The molecule has 1 aromatic heterocycles. The predicted octanol–water partition coefficient (Wildman–Crippen LogP) is 2.15. The van der Waals surface area contributed by atoms with Crippen LogP contribution < -0.4 is 5.56 Å². The van der Waals surface area contributed by atoms with Gasteiger partial charge in [0.2, 0.25) is 0 Å². The maximum absolute atomic E-state index is 13.3. The number of likely N-dealkylation sites (tertiary alicyclic amines) is 1. The molecule has 0 spiro atoms. The number of fused-ring (bicyclic) bond motifs is 1. The lowest BCUT2D eigenvalue weighted by atomic mass is 10.0. The fourth-order valence-corrected chi connectivity index (χ4v) is 3.41. The number of rotatable bonds is 3. The molecule has 1 amide bonds. The molecule has 1 saturated heterocycles. The van der Waals surface area contributed by atoms with E-state index in [-0.39, 0.29) is 23.2 Å². The van der Waals surface area contributed by atoms with Gasteiger partial charge < -0.3 is 9.64 Å². The van der Waals surface area contributed by atoms with Crippen LogP contribution in [0.15, 0.2) is 29.1 Å². The highest BCUT2D eigenvalue weighted by Gasteiger charge is 2.35. The van der Waals surface area contributed by atoms with E-state index >= 15 is 0 Å². The standard InChI is InChI=1S/C19H23N3O4/c1-12(2)22-17(23)14-9-5-4-8-13(14)16(20-22)18(24)21-11-7-6-10-15(21)19(25)26-3/h4-5,8-9,12,15H,6-7,10-11H2,1-3H3. The first kappa shape index (κ1) is 18.1. The Morgan fingerprint density at radius 3 is 2.54 bits per heavy atom. The van der Waals surface area contributed by atoms with Crippen LogP contribution in [0.4, 0.5) is 0 Å². The number of carbonyl (C=O) groups is 2. The highest BCUT2D eigenvalue weighted by molar-refractivity contribution is 6.05. The summed E-state index contributed by atoms with van der Waals surface area (Å²) < 4.78 is 6.19.